The molecule has 0 bridgehead atoms. The smallest absolute Gasteiger partial charge is 0.391 e. The van der Waals surface area contributed by atoms with Crippen molar-refractivity contribution in [3.63, 3.8) is 0 Å². The first kappa shape index (κ1) is 17.0. The lowest BCUT2D eigenvalue weighted by Crippen LogP contribution is -2.23. The second-order valence-electron chi connectivity index (χ2n) is 6.62. The maximum Gasteiger partial charge on any atom is 0.416 e. The van der Waals surface area contributed by atoms with Gasteiger partial charge in [0.2, 0.25) is 5.95 Å². The lowest BCUT2D eigenvalue weighted by Gasteiger charge is -2.18. The van der Waals surface area contributed by atoms with Gasteiger partial charge in [-0.3, -0.25) is 4.99 Å². The third kappa shape index (κ3) is 2.94. The zero-order chi connectivity index (χ0) is 18.5. The zero-order valence-electron chi connectivity index (χ0n) is 14.1. The summed E-state index contributed by atoms with van der Waals surface area (Å²) in [6.07, 6.45) is -1.00. The molecule has 1 saturated heterocycles. The number of anilines is 1. The van der Waals surface area contributed by atoms with E-state index in [9.17, 15) is 18.3 Å². The number of alkyl halides is 3. The van der Waals surface area contributed by atoms with Crippen LogP contribution in [-0.2, 0) is 12.7 Å². The Bertz CT molecular complexity index is 895. The number of hydrogen-bond donors (Lipinski definition) is 1. The Morgan fingerprint density at radius 3 is 2.69 bits per heavy atom. The van der Waals surface area contributed by atoms with Crippen molar-refractivity contribution in [2.75, 3.05) is 18.0 Å². The number of aromatic nitrogens is 2. The van der Waals surface area contributed by atoms with E-state index in [0.29, 0.717) is 53.4 Å². The molecule has 5 nitrogen and oxygen atoms in total. The van der Waals surface area contributed by atoms with Crippen molar-refractivity contribution in [2.24, 2.45) is 4.99 Å². The molecule has 0 radical (unpaired) electrons. The molecule has 4 rings (SSSR count). The van der Waals surface area contributed by atoms with Crippen molar-refractivity contribution in [3.05, 3.63) is 40.7 Å². The molecular weight excluding hydrogens is 345 g/mol. The van der Waals surface area contributed by atoms with Crippen LogP contribution < -0.4 is 4.90 Å². The fourth-order valence-electron chi connectivity index (χ4n) is 3.41. The molecule has 1 aromatic carbocycles. The highest BCUT2D eigenvalue weighted by atomic mass is 19.4. The van der Waals surface area contributed by atoms with Gasteiger partial charge in [0.05, 0.1) is 23.9 Å². The average molecular weight is 362 g/mol. The van der Waals surface area contributed by atoms with E-state index in [2.05, 4.69) is 15.0 Å². The second-order valence-corrected chi connectivity index (χ2v) is 6.62. The van der Waals surface area contributed by atoms with E-state index in [-0.39, 0.29) is 6.54 Å². The van der Waals surface area contributed by atoms with E-state index in [0.717, 1.165) is 12.1 Å². The van der Waals surface area contributed by atoms with Crippen LogP contribution in [0.3, 0.4) is 0 Å². The molecule has 26 heavy (non-hydrogen) atoms. The summed E-state index contributed by atoms with van der Waals surface area (Å²) in [6.45, 7) is 3.12. The van der Waals surface area contributed by atoms with Crippen LogP contribution in [0.2, 0.25) is 0 Å². The van der Waals surface area contributed by atoms with Crippen LogP contribution in [0.25, 0.3) is 11.1 Å². The van der Waals surface area contributed by atoms with E-state index in [1.54, 1.807) is 19.3 Å². The molecule has 2 aliphatic rings. The van der Waals surface area contributed by atoms with Crippen molar-refractivity contribution in [2.45, 2.75) is 32.2 Å². The molecule has 1 aromatic heterocycles. The van der Waals surface area contributed by atoms with Crippen molar-refractivity contribution < 1.29 is 18.3 Å². The second kappa shape index (κ2) is 6.05. The Labute approximate surface area is 148 Å². The van der Waals surface area contributed by atoms with E-state index < -0.39 is 17.8 Å². The van der Waals surface area contributed by atoms with Gasteiger partial charge in [0.1, 0.15) is 0 Å². The van der Waals surface area contributed by atoms with Gasteiger partial charge in [-0.15, -0.1) is 0 Å². The van der Waals surface area contributed by atoms with E-state index >= 15 is 0 Å². The number of nitrogens with zero attached hydrogens (tertiary/aromatic N) is 4. The fraction of sp³-hybridized carbons (Fsp3) is 0.389. The predicted molar refractivity (Wildman–Crippen MR) is 91.3 cm³/mol. The lowest BCUT2D eigenvalue weighted by atomic mass is 9.94. The third-order valence-corrected chi connectivity index (χ3v) is 4.78. The van der Waals surface area contributed by atoms with Crippen molar-refractivity contribution >= 4 is 12.2 Å². The lowest BCUT2D eigenvalue weighted by molar-refractivity contribution is -0.137. The molecule has 0 aliphatic carbocycles. The van der Waals surface area contributed by atoms with Crippen LogP contribution in [0.1, 0.15) is 28.8 Å². The average Bonchev–Trinajstić information content (AvgIpc) is 3.21. The Morgan fingerprint density at radius 2 is 2.04 bits per heavy atom. The standard InChI is InChI=1S/C18H17F3N4O/c1-10-15(8-23-17(24-10)25-3-2-13(26)9-25)14-5-12(18(19,20)21)4-11-6-22-7-16(11)14/h4-5,7-8,13,26H,2-3,6,9H2,1H3/t13-/m1/s1. The first-order valence-corrected chi connectivity index (χ1v) is 8.34. The van der Waals surface area contributed by atoms with Gasteiger partial charge in [0, 0.05) is 36.6 Å². The molecule has 0 unspecified atom stereocenters. The van der Waals surface area contributed by atoms with Crippen LogP contribution in [0.15, 0.2) is 23.3 Å². The van der Waals surface area contributed by atoms with E-state index in [1.807, 2.05) is 4.90 Å². The predicted octanol–water partition coefficient (Wildman–Crippen LogP) is 2.97. The highest BCUT2D eigenvalue weighted by Gasteiger charge is 2.33. The molecule has 2 aromatic rings. The van der Waals surface area contributed by atoms with Crippen LogP contribution in [0, 0.1) is 6.92 Å². The summed E-state index contributed by atoms with van der Waals surface area (Å²) in [6, 6.07) is 2.29. The zero-order valence-corrected chi connectivity index (χ0v) is 14.1. The van der Waals surface area contributed by atoms with Crippen LogP contribution >= 0.6 is 0 Å². The van der Waals surface area contributed by atoms with Crippen molar-refractivity contribution in [1.29, 1.82) is 0 Å². The minimum absolute atomic E-state index is 0.246. The Hall–Kier alpha value is -2.48. The fourth-order valence-corrected chi connectivity index (χ4v) is 3.41. The van der Waals surface area contributed by atoms with Crippen LogP contribution in [0.4, 0.5) is 19.1 Å². The molecule has 8 heteroatoms. The highest BCUT2D eigenvalue weighted by molar-refractivity contribution is 5.94. The normalized spacial score (nSPS) is 19.3. The van der Waals surface area contributed by atoms with Crippen molar-refractivity contribution in [3.8, 4) is 11.1 Å². The van der Waals surface area contributed by atoms with Gasteiger partial charge in [-0.25, -0.2) is 9.97 Å². The topological polar surface area (TPSA) is 61.6 Å². The number of fused-ring (bicyclic) bond motifs is 1. The Morgan fingerprint density at radius 1 is 1.23 bits per heavy atom. The number of aliphatic imine (C=N–C) groups is 1. The number of halogens is 3. The van der Waals surface area contributed by atoms with Gasteiger partial charge < -0.3 is 10.0 Å². The summed E-state index contributed by atoms with van der Waals surface area (Å²) in [5.74, 6) is 0.486. The van der Waals surface area contributed by atoms with Gasteiger partial charge in [-0.05, 0) is 36.6 Å². The monoisotopic (exact) mass is 362 g/mol. The number of aliphatic hydroxyl groups is 1. The SMILES string of the molecule is Cc1nc(N2CC[C@@H](O)C2)ncc1-c1cc(C(F)(F)F)cc2c1C=NC2. The molecule has 0 saturated carbocycles. The third-order valence-electron chi connectivity index (χ3n) is 4.78. The quantitative estimate of drug-likeness (QED) is 0.892. The van der Waals surface area contributed by atoms with E-state index in [1.165, 1.54) is 0 Å². The Balaban J connectivity index is 1.78. The molecule has 3 heterocycles. The first-order valence-electron chi connectivity index (χ1n) is 8.34. The summed E-state index contributed by atoms with van der Waals surface area (Å²) in [5.41, 5.74) is 2.15. The number of rotatable bonds is 2. The molecule has 1 fully saturated rings. The van der Waals surface area contributed by atoms with Crippen LogP contribution in [0.5, 0.6) is 0 Å². The van der Waals surface area contributed by atoms with Crippen molar-refractivity contribution in [1.82, 2.24) is 9.97 Å². The number of hydrogen-bond acceptors (Lipinski definition) is 5. The van der Waals surface area contributed by atoms with Crippen LogP contribution in [-0.4, -0.2) is 40.5 Å². The van der Waals surface area contributed by atoms with Gasteiger partial charge in [-0.2, -0.15) is 13.2 Å². The maximum absolute atomic E-state index is 13.3. The minimum Gasteiger partial charge on any atom is -0.391 e. The summed E-state index contributed by atoms with van der Waals surface area (Å²) in [4.78, 5) is 14.8. The summed E-state index contributed by atoms with van der Waals surface area (Å²) < 4.78 is 39.8. The highest BCUT2D eigenvalue weighted by Crippen LogP contribution is 2.37. The molecule has 136 valence electrons. The van der Waals surface area contributed by atoms with Gasteiger partial charge in [0.25, 0.3) is 0 Å². The minimum atomic E-state index is -4.42. The van der Waals surface area contributed by atoms with Gasteiger partial charge in [-0.1, -0.05) is 0 Å². The molecule has 0 spiro atoms. The number of benzene rings is 1. The molecule has 0 amide bonds. The maximum atomic E-state index is 13.3. The molecule has 2 aliphatic heterocycles. The number of β-amino-alcohol motifs (C(OH)–C–C–N with tert-alkyl or cyclic N) is 1. The largest absolute Gasteiger partial charge is 0.416 e. The summed E-state index contributed by atoms with van der Waals surface area (Å²) in [5, 5.41) is 9.66. The van der Waals surface area contributed by atoms with Gasteiger partial charge >= 0.3 is 6.18 Å². The molecule has 1 atom stereocenters. The number of aryl methyl sites for hydroxylation is 1. The first-order chi connectivity index (χ1) is 12.3. The number of aliphatic hydroxyl groups excluding tert-OH is 1. The Kier molecular flexibility index (Phi) is 3.95. The molecule has 1 N–H and O–H groups in total. The summed E-state index contributed by atoms with van der Waals surface area (Å²) >= 11 is 0. The summed E-state index contributed by atoms with van der Waals surface area (Å²) in [7, 11) is 0. The molecular formula is C18H17F3N4O. The van der Waals surface area contributed by atoms with E-state index in [4.69, 9.17) is 0 Å². The van der Waals surface area contributed by atoms with Gasteiger partial charge in [0.15, 0.2) is 0 Å².